The van der Waals surface area contributed by atoms with Gasteiger partial charge < -0.3 is 0 Å². The molecule has 2 aliphatic heterocycles. The van der Waals surface area contributed by atoms with E-state index in [-0.39, 0.29) is 11.6 Å². The second-order valence-corrected chi connectivity index (χ2v) is 7.59. The Hall–Kier alpha value is -2.45. The minimum absolute atomic E-state index is 0.0464. The van der Waals surface area contributed by atoms with Gasteiger partial charge in [-0.2, -0.15) is 5.10 Å². The maximum absolute atomic E-state index is 12.1. The average Bonchev–Trinajstić information content (AvgIpc) is 3.29. The second-order valence-electron chi connectivity index (χ2n) is 5.78. The van der Waals surface area contributed by atoms with Crippen molar-refractivity contribution < 1.29 is 0 Å². The molecule has 1 atom stereocenters. The molecule has 0 spiro atoms. The van der Waals surface area contributed by atoms with Gasteiger partial charge in [0.15, 0.2) is 10.1 Å². The van der Waals surface area contributed by atoms with Gasteiger partial charge in [0.1, 0.15) is 0 Å². The summed E-state index contributed by atoms with van der Waals surface area (Å²) in [7, 11) is 0. The number of fused-ring (bicyclic) bond motifs is 4. The average molecular weight is 367 g/mol. The normalized spacial score (nSPS) is 18.3. The lowest BCUT2D eigenvalue weighted by Crippen LogP contribution is -2.27. The molecule has 0 radical (unpaired) electrons. The van der Waals surface area contributed by atoms with Crippen molar-refractivity contribution in [3.8, 4) is 0 Å². The fraction of sp³-hybridized carbons (Fsp3) is 0.176. The van der Waals surface area contributed by atoms with Gasteiger partial charge in [0.05, 0.1) is 17.4 Å². The first-order valence-corrected chi connectivity index (χ1v) is 9.74. The van der Waals surface area contributed by atoms with Gasteiger partial charge in [-0.25, -0.2) is 15.0 Å². The number of amidine groups is 1. The molecule has 0 N–H and O–H groups in total. The van der Waals surface area contributed by atoms with E-state index in [1.807, 2.05) is 34.8 Å². The Morgan fingerprint density at radius 1 is 1.32 bits per heavy atom. The molecule has 0 bridgehead atoms. The summed E-state index contributed by atoms with van der Waals surface area (Å²) >= 11 is 3.03. The Labute approximate surface area is 151 Å². The van der Waals surface area contributed by atoms with Crippen LogP contribution in [0.1, 0.15) is 23.7 Å². The Balaban J connectivity index is 1.46. The van der Waals surface area contributed by atoms with Crippen LogP contribution in [0.3, 0.4) is 0 Å². The molecular formula is C17H13N5OS2. The zero-order valence-corrected chi connectivity index (χ0v) is 14.7. The SMILES string of the molecule is O=c1cc(CSC2=Nc3ccccc3C3CC=NN23)nc2sccn12. The molecule has 0 fully saturated rings. The number of nitrogens with zero attached hydrogens (tertiary/aromatic N) is 5. The number of hydrogen-bond acceptors (Lipinski definition) is 7. The lowest BCUT2D eigenvalue weighted by atomic mass is 10.0. The predicted octanol–water partition coefficient (Wildman–Crippen LogP) is 3.42. The monoisotopic (exact) mass is 367 g/mol. The number of benzene rings is 1. The number of thioether (sulfide) groups is 1. The van der Waals surface area contributed by atoms with E-state index in [9.17, 15) is 4.79 Å². The lowest BCUT2D eigenvalue weighted by Gasteiger charge is -2.29. The van der Waals surface area contributed by atoms with Crippen molar-refractivity contribution in [3.05, 3.63) is 63.5 Å². The fourth-order valence-corrected chi connectivity index (χ4v) is 4.71. The molecule has 5 rings (SSSR count). The maximum Gasteiger partial charge on any atom is 0.258 e. The third kappa shape index (κ3) is 2.49. The fourth-order valence-electron chi connectivity index (χ4n) is 3.08. The van der Waals surface area contributed by atoms with Gasteiger partial charge >= 0.3 is 0 Å². The molecule has 124 valence electrons. The molecule has 0 aliphatic carbocycles. The summed E-state index contributed by atoms with van der Waals surface area (Å²) in [6.07, 6.45) is 4.57. The number of rotatable bonds is 2. The summed E-state index contributed by atoms with van der Waals surface area (Å²) in [6.45, 7) is 0. The number of aliphatic imine (C=N–C) groups is 1. The first-order chi connectivity index (χ1) is 12.3. The van der Waals surface area contributed by atoms with Crippen LogP contribution in [0.4, 0.5) is 5.69 Å². The van der Waals surface area contributed by atoms with Gasteiger partial charge in [-0.05, 0) is 6.07 Å². The summed E-state index contributed by atoms with van der Waals surface area (Å²) in [5, 5.41) is 9.18. The molecule has 0 saturated carbocycles. The topological polar surface area (TPSA) is 62.3 Å². The summed E-state index contributed by atoms with van der Waals surface area (Å²) in [6, 6.07) is 10.00. The summed E-state index contributed by atoms with van der Waals surface area (Å²) in [5.74, 6) is 0.587. The molecule has 2 aromatic heterocycles. The van der Waals surface area contributed by atoms with Crippen LogP contribution in [-0.2, 0) is 5.75 Å². The number of aromatic nitrogens is 2. The van der Waals surface area contributed by atoms with Crippen LogP contribution >= 0.6 is 23.1 Å². The Kier molecular flexibility index (Phi) is 3.46. The highest BCUT2D eigenvalue weighted by atomic mass is 32.2. The molecule has 0 amide bonds. The van der Waals surface area contributed by atoms with Crippen LogP contribution in [0, 0.1) is 0 Å². The Morgan fingerprint density at radius 2 is 2.24 bits per heavy atom. The first kappa shape index (κ1) is 14.9. The van der Waals surface area contributed by atoms with E-state index in [0.29, 0.717) is 5.75 Å². The third-order valence-electron chi connectivity index (χ3n) is 4.24. The van der Waals surface area contributed by atoms with Crippen molar-refractivity contribution in [1.29, 1.82) is 0 Å². The van der Waals surface area contributed by atoms with E-state index in [1.165, 1.54) is 16.9 Å². The lowest BCUT2D eigenvalue weighted by molar-refractivity contribution is 0.372. The van der Waals surface area contributed by atoms with Gasteiger partial charge in [0, 0.05) is 41.6 Å². The van der Waals surface area contributed by atoms with Crippen LogP contribution < -0.4 is 5.56 Å². The zero-order chi connectivity index (χ0) is 16.8. The second kappa shape index (κ2) is 5.82. The zero-order valence-electron chi connectivity index (χ0n) is 13.1. The third-order valence-corrected chi connectivity index (χ3v) is 5.98. The van der Waals surface area contributed by atoms with Gasteiger partial charge in [-0.1, -0.05) is 30.0 Å². The molecule has 8 heteroatoms. The smallest absolute Gasteiger partial charge is 0.258 e. The molecule has 2 aliphatic rings. The van der Waals surface area contributed by atoms with Gasteiger partial charge in [0.25, 0.3) is 5.56 Å². The number of hydrazone groups is 1. The number of hydrogen-bond donors (Lipinski definition) is 0. The minimum atomic E-state index is -0.0464. The molecule has 0 saturated heterocycles. The molecule has 1 unspecified atom stereocenters. The van der Waals surface area contributed by atoms with E-state index in [2.05, 4.69) is 16.2 Å². The van der Waals surface area contributed by atoms with Crippen molar-refractivity contribution in [3.63, 3.8) is 0 Å². The van der Waals surface area contributed by atoms with E-state index in [4.69, 9.17) is 4.99 Å². The molecular weight excluding hydrogens is 354 g/mol. The summed E-state index contributed by atoms with van der Waals surface area (Å²) < 4.78 is 1.56. The standard InChI is InChI=1S/C17H13N5OS2/c23-15-9-11(19-16-21(15)7-8-24-16)10-25-17-20-13-4-2-1-3-12(13)14-5-6-18-22(14)17/h1-4,6-9,14H,5,10H2. The first-order valence-electron chi connectivity index (χ1n) is 7.87. The maximum atomic E-state index is 12.1. The van der Waals surface area contributed by atoms with E-state index < -0.39 is 0 Å². The molecule has 4 heterocycles. The minimum Gasteiger partial charge on any atom is -0.269 e. The molecule has 3 aromatic rings. The molecule has 6 nitrogen and oxygen atoms in total. The van der Waals surface area contributed by atoms with Crippen molar-refractivity contribution in [2.45, 2.75) is 18.2 Å². The van der Waals surface area contributed by atoms with E-state index in [0.717, 1.165) is 27.9 Å². The van der Waals surface area contributed by atoms with Crippen molar-refractivity contribution >= 4 is 45.1 Å². The largest absolute Gasteiger partial charge is 0.269 e. The highest BCUT2D eigenvalue weighted by Crippen LogP contribution is 2.41. The van der Waals surface area contributed by atoms with Gasteiger partial charge in [0.2, 0.25) is 0 Å². The quantitative estimate of drug-likeness (QED) is 0.696. The number of thiazole rings is 1. The van der Waals surface area contributed by atoms with Crippen LogP contribution in [0.25, 0.3) is 4.96 Å². The van der Waals surface area contributed by atoms with Crippen molar-refractivity contribution in [1.82, 2.24) is 14.4 Å². The Morgan fingerprint density at radius 3 is 3.20 bits per heavy atom. The molecule has 1 aromatic carbocycles. The van der Waals surface area contributed by atoms with Crippen LogP contribution in [-0.4, -0.2) is 25.8 Å². The van der Waals surface area contributed by atoms with Crippen LogP contribution in [0.5, 0.6) is 0 Å². The van der Waals surface area contributed by atoms with E-state index >= 15 is 0 Å². The van der Waals surface area contributed by atoms with E-state index in [1.54, 1.807) is 28.4 Å². The van der Waals surface area contributed by atoms with Crippen molar-refractivity contribution in [2.75, 3.05) is 0 Å². The summed E-state index contributed by atoms with van der Waals surface area (Å²) in [4.78, 5) is 22.2. The highest BCUT2D eigenvalue weighted by molar-refractivity contribution is 8.13. The highest BCUT2D eigenvalue weighted by Gasteiger charge is 2.32. The predicted molar refractivity (Wildman–Crippen MR) is 102 cm³/mol. The van der Waals surface area contributed by atoms with Crippen LogP contribution in [0.15, 0.2) is 56.8 Å². The van der Waals surface area contributed by atoms with Crippen molar-refractivity contribution in [2.24, 2.45) is 10.1 Å². The molecule has 25 heavy (non-hydrogen) atoms. The number of para-hydroxylation sites is 1. The van der Waals surface area contributed by atoms with Crippen LogP contribution in [0.2, 0.25) is 0 Å². The van der Waals surface area contributed by atoms with Gasteiger partial charge in [-0.15, -0.1) is 11.3 Å². The Bertz CT molecular complexity index is 1080. The van der Waals surface area contributed by atoms with Gasteiger partial charge in [-0.3, -0.25) is 9.20 Å². The summed E-state index contributed by atoms with van der Waals surface area (Å²) in [5.41, 5.74) is 2.92.